The van der Waals surface area contributed by atoms with Crippen LogP contribution in [-0.4, -0.2) is 31.8 Å². The summed E-state index contributed by atoms with van der Waals surface area (Å²) in [6.45, 7) is 5.51. The smallest absolute Gasteiger partial charge is 0.258 e. The van der Waals surface area contributed by atoms with E-state index in [0.717, 1.165) is 30.8 Å². The largest absolute Gasteiger partial charge is 0.484 e. The van der Waals surface area contributed by atoms with Gasteiger partial charge in [-0.1, -0.05) is 6.07 Å². The zero-order chi connectivity index (χ0) is 13.7. The van der Waals surface area contributed by atoms with Gasteiger partial charge in [-0.2, -0.15) is 0 Å². The predicted molar refractivity (Wildman–Crippen MR) is 73.4 cm³/mol. The first-order valence-corrected chi connectivity index (χ1v) is 6.73. The van der Waals surface area contributed by atoms with Crippen LogP contribution >= 0.6 is 0 Å². The van der Waals surface area contributed by atoms with Crippen LogP contribution in [0.5, 0.6) is 5.75 Å². The first-order valence-electron chi connectivity index (χ1n) is 6.73. The molecule has 0 aromatic heterocycles. The van der Waals surface area contributed by atoms with Crippen LogP contribution in [0.4, 0.5) is 0 Å². The summed E-state index contributed by atoms with van der Waals surface area (Å²) in [4.78, 5) is 11.6. The van der Waals surface area contributed by atoms with Gasteiger partial charge < -0.3 is 14.8 Å². The summed E-state index contributed by atoms with van der Waals surface area (Å²) in [7, 11) is 0. The number of aryl methyl sites for hydroxylation is 2. The van der Waals surface area contributed by atoms with Gasteiger partial charge in [-0.3, -0.25) is 4.79 Å². The van der Waals surface area contributed by atoms with Crippen molar-refractivity contribution in [2.45, 2.75) is 32.8 Å². The fourth-order valence-electron chi connectivity index (χ4n) is 2.04. The van der Waals surface area contributed by atoms with Gasteiger partial charge in [-0.05, 0) is 49.9 Å². The molecular weight excluding hydrogens is 242 g/mol. The molecule has 104 valence electrons. The molecule has 1 saturated heterocycles. The normalized spacial score (nSPS) is 18.3. The Morgan fingerprint density at radius 2 is 2.26 bits per heavy atom. The van der Waals surface area contributed by atoms with Crippen molar-refractivity contribution >= 4 is 5.91 Å². The lowest BCUT2D eigenvalue weighted by Crippen LogP contribution is -2.35. The van der Waals surface area contributed by atoms with Crippen molar-refractivity contribution in [1.82, 2.24) is 5.32 Å². The summed E-state index contributed by atoms with van der Waals surface area (Å²) < 4.78 is 10.9. The number of amides is 1. The number of carbonyl (C=O) groups is 1. The van der Waals surface area contributed by atoms with E-state index in [2.05, 4.69) is 5.32 Å². The number of hydrogen-bond acceptors (Lipinski definition) is 3. The number of benzene rings is 1. The number of hydrogen-bond donors (Lipinski definition) is 1. The Balaban J connectivity index is 1.71. The molecule has 0 spiro atoms. The molecule has 1 fully saturated rings. The molecule has 2 rings (SSSR count). The summed E-state index contributed by atoms with van der Waals surface area (Å²) in [6, 6.07) is 5.83. The number of carbonyl (C=O) groups excluding carboxylic acids is 1. The molecule has 0 bridgehead atoms. The molecule has 4 heteroatoms. The first-order chi connectivity index (χ1) is 9.15. The zero-order valence-electron chi connectivity index (χ0n) is 11.6. The van der Waals surface area contributed by atoms with Crippen LogP contribution in [0.1, 0.15) is 24.0 Å². The molecule has 4 nitrogen and oxygen atoms in total. The van der Waals surface area contributed by atoms with Crippen molar-refractivity contribution in [3.8, 4) is 5.75 Å². The second-order valence-corrected chi connectivity index (χ2v) is 4.97. The molecule has 19 heavy (non-hydrogen) atoms. The van der Waals surface area contributed by atoms with Crippen molar-refractivity contribution < 1.29 is 14.3 Å². The van der Waals surface area contributed by atoms with Gasteiger partial charge in [0.25, 0.3) is 5.91 Å². The van der Waals surface area contributed by atoms with E-state index in [1.807, 2.05) is 32.0 Å². The van der Waals surface area contributed by atoms with Gasteiger partial charge in [0, 0.05) is 13.2 Å². The van der Waals surface area contributed by atoms with Crippen molar-refractivity contribution in [2.24, 2.45) is 0 Å². The highest BCUT2D eigenvalue weighted by atomic mass is 16.5. The first kappa shape index (κ1) is 13.9. The fraction of sp³-hybridized carbons (Fsp3) is 0.533. The van der Waals surface area contributed by atoms with Gasteiger partial charge in [0.15, 0.2) is 6.61 Å². The number of rotatable bonds is 5. The van der Waals surface area contributed by atoms with Gasteiger partial charge in [-0.25, -0.2) is 0 Å². The average Bonchev–Trinajstić information content (AvgIpc) is 2.91. The standard InChI is InChI=1S/C15H21NO3/c1-11-5-6-13(8-12(11)2)19-10-15(17)16-9-14-4-3-7-18-14/h5-6,8,14H,3-4,7,9-10H2,1-2H3,(H,16,17)/t14-/m1/s1. The minimum Gasteiger partial charge on any atom is -0.484 e. The van der Waals surface area contributed by atoms with Crippen LogP contribution < -0.4 is 10.1 Å². The van der Waals surface area contributed by atoms with Crippen LogP contribution in [0.3, 0.4) is 0 Å². The lowest BCUT2D eigenvalue weighted by molar-refractivity contribution is -0.123. The fourth-order valence-corrected chi connectivity index (χ4v) is 2.04. The lowest BCUT2D eigenvalue weighted by Gasteiger charge is -2.12. The highest BCUT2D eigenvalue weighted by molar-refractivity contribution is 5.77. The topological polar surface area (TPSA) is 47.6 Å². The molecule has 0 aliphatic carbocycles. The van der Waals surface area contributed by atoms with E-state index in [9.17, 15) is 4.79 Å². The Morgan fingerprint density at radius 3 is 2.95 bits per heavy atom. The van der Waals surface area contributed by atoms with E-state index in [-0.39, 0.29) is 18.6 Å². The van der Waals surface area contributed by atoms with Gasteiger partial charge in [0.05, 0.1) is 6.10 Å². The van der Waals surface area contributed by atoms with Gasteiger partial charge in [0.1, 0.15) is 5.75 Å². The summed E-state index contributed by atoms with van der Waals surface area (Å²) in [5, 5.41) is 2.83. The van der Waals surface area contributed by atoms with Crippen molar-refractivity contribution in [3.63, 3.8) is 0 Å². The molecule has 1 aliphatic heterocycles. The molecule has 0 saturated carbocycles. The van der Waals surface area contributed by atoms with Gasteiger partial charge >= 0.3 is 0 Å². The Labute approximate surface area is 114 Å². The quantitative estimate of drug-likeness (QED) is 0.883. The molecule has 0 radical (unpaired) electrons. The highest BCUT2D eigenvalue weighted by Crippen LogP contribution is 2.16. The third-order valence-corrected chi connectivity index (χ3v) is 3.40. The van der Waals surface area contributed by atoms with Crippen LogP contribution in [0.2, 0.25) is 0 Å². The predicted octanol–water partition coefficient (Wildman–Crippen LogP) is 1.98. The SMILES string of the molecule is Cc1ccc(OCC(=O)NC[C@H]2CCCO2)cc1C. The van der Waals surface area contributed by atoms with Crippen LogP contribution in [-0.2, 0) is 9.53 Å². The second-order valence-electron chi connectivity index (χ2n) is 4.97. The zero-order valence-corrected chi connectivity index (χ0v) is 11.6. The molecule has 1 aromatic carbocycles. The Bertz CT molecular complexity index is 439. The third-order valence-electron chi connectivity index (χ3n) is 3.40. The van der Waals surface area contributed by atoms with E-state index >= 15 is 0 Å². The Hall–Kier alpha value is -1.55. The monoisotopic (exact) mass is 263 g/mol. The Kier molecular flexibility index (Phi) is 4.80. The van der Waals surface area contributed by atoms with Crippen LogP contribution in [0.25, 0.3) is 0 Å². The van der Waals surface area contributed by atoms with E-state index in [1.165, 1.54) is 5.56 Å². The summed E-state index contributed by atoms with van der Waals surface area (Å²) in [6.07, 6.45) is 2.28. The van der Waals surface area contributed by atoms with Crippen molar-refractivity contribution in [2.75, 3.05) is 19.8 Å². The minimum absolute atomic E-state index is 0.0508. The van der Waals surface area contributed by atoms with Crippen LogP contribution in [0.15, 0.2) is 18.2 Å². The van der Waals surface area contributed by atoms with Gasteiger partial charge in [-0.15, -0.1) is 0 Å². The summed E-state index contributed by atoms with van der Waals surface area (Å²) in [5.41, 5.74) is 2.38. The van der Waals surface area contributed by atoms with E-state index in [4.69, 9.17) is 9.47 Å². The van der Waals surface area contributed by atoms with Gasteiger partial charge in [0.2, 0.25) is 0 Å². The molecule has 1 heterocycles. The maximum absolute atomic E-state index is 11.6. The molecule has 1 aliphatic rings. The average molecular weight is 263 g/mol. The number of ether oxygens (including phenoxy) is 2. The van der Waals surface area contributed by atoms with Crippen molar-refractivity contribution in [3.05, 3.63) is 29.3 Å². The molecule has 1 aromatic rings. The molecule has 1 amide bonds. The maximum Gasteiger partial charge on any atom is 0.258 e. The second kappa shape index (κ2) is 6.57. The molecule has 1 atom stereocenters. The minimum atomic E-state index is -0.103. The number of nitrogens with one attached hydrogen (secondary N) is 1. The Morgan fingerprint density at radius 1 is 1.42 bits per heavy atom. The molecule has 0 unspecified atom stereocenters. The van der Waals surface area contributed by atoms with E-state index < -0.39 is 0 Å². The van der Waals surface area contributed by atoms with E-state index in [1.54, 1.807) is 0 Å². The molecule has 1 N–H and O–H groups in total. The third kappa shape index (κ3) is 4.24. The van der Waals surface area contributed by atoms with Crippen LogP contribution in [0, 0.1) is 13.8 Å². The summed E-state index contributed by atoms with van der Waals surface area (Å²) >= 11 is 0. The molecular formula is C15H21NO3. The summed E-state index contributed by atoms with van der Waals surface area (Å²) in [5.74, 6) is 0.629. The van der Waals surface area contributed by atoms with Crippen molar-refractivity contribution in [1.29, 1.82) is 0 Å². The lowest BCUT2D eigenvalue weighted by atomic mass is 10.1. The maximum atomic E-state index is 11.6. The van der Waals surface area contributed by atoms with E-state index in [0.29, 0.717) is 6.54 Å². The highest BCUT2D eigenvalue weighted by Gasteiger charge is 2.16.